The van der Waals surface area contributed by atoms with Gasteiger partial charge in [-0.25, -0.2) is 0 Å². The standard InChI is InChI=1S/C7H8BrNO2/c1-5-6(11-2)3-4-7(8)9(5)10/h3-4H,1-2H3. The van der Waals surface area contributed by atoms with Crippen molar-refractivity contribution in [1.29, 1.82) is 0 Å². The minimum Gasteiger partial charge on any atom is -0.618 e. The molecular formula is C7H8BrNO2. The number of hydrogen-bond acceptors (Lipinski definition) is 2. The van der Waals surface area contributed by atoms with Gasteiger partial charge in [0.05, 0.1) is 7.11 Å². The summed E-state index contributed by atoms with van der Waals surface area (Å²) in [5, 5.41) is 11.1. The monoisotopic (exact) mass is 217 g/mol. The lowest BCUT2D eigenvalue weighted by atomic mass is 10.3. The Morgan fingerprint density at radius 2 is 2.18 bits per heavy atom. The average Bonchev–Trinajstić information content (AvgIpc) is 2.01. The lowest BCUT2D eigenvalue weighted by molar-refractivity contribution is -0.624. The number of aromatic nitrogens is 1. The summed E-state index contributed by atoms with van der Waals surface area (Å²) in [7, 11) is 1.54. The van der Waals surface area contributed by atoms with E-state index < -0.39 is 0 Å². The Bertz CT molecular complexity index is 275. The van der Waals surface area contributed by atoms with Crippen LogP contribution in [0, 0.1) is 12.1 Å². The maximum atomic E-state index is 11.1. The summed E-state index contributed by atoms with van der Waals surface area (Å²) < 4.78 is 6.21. The molecule has 1 aromatic rings. The number of rotatable bonds is 1. The predicted molar refractivity (Wildman–Crippen MR) is 44.4 cm³/mol. The van der Waals surface area contributed by atoms with Crippen molar-refractivity contribution < 1.29 is 9.47 Å². The van der Waals surface area contributed by atoms with E-state index in [4.69, 9.17) is 4.74 Å². The van der Waals surface area contributed by atoms with Crippen molar-refractivity contribution in [3.63, 3.8) is 0 Å². The Morgan fingerprint density at radius 3 is 2.73 bits per heavy atom. The van der Waals surface area contributed by atoms with Gasteiger partial charge in [-0.05, 0) is 6.07 Å². The minimum absolute atomic E-state index is 0.496. The molecule has 1 rings (SSSR count). The molecule has 11 heavy (non-hydrogen) atoms. The molecule has 0 aliphatic heterocycles. The van der Waals surface area contributed by atoms with E-state index in [0.717, 1.165) is 4.73 Å². The summed E-state index contributed by atoms with van der Waals surface area (Å²) in [5.74, 6) is 0.600. The molecule has 0 atom stereocenters. The van der Waals surface area contributed by atoms with Crippen molar-refractivity contribution in [2.45, 2.75) is 6.92 Å². The van der Waals surface area contributed by atoms with Crippen LogP contribution < -0.4 is 9.47 Å². The van der Waals surface area contributed by atoms with Crippen LogP contribution in [-0.4, -0.2) is 7.11 Å². The number of nitrogens with zero attached hydrogens (tertiary/aromatic N) is 1. The van der Waals surface area contributed by atoms with Gasteiger partial charge in [0.25, 0.3) is 4.60 Å². The van der Waals surface area contributed by atoms with E-state index in [9.17, 15) is 5.21 Å². The molecule has 0 unspecified atom stereocenters. The second-order valence-electron chi connectivity index (χ2n) is 2.10. The number of methoxy groups -OCH3 is 1. The SMILES string of the molecule is COc1ccc(Br)[n+]([O-])c1C. The summed E-state index contributed by atoms with van der Waals surface area (Å²) in [6.07, 6.45) is 0. The van der Waals surface area contributed by atoms with Gasteiger partial charge in [-0.3, -0.25) is 0 Å². The van der Waals surface area contributed by atoms with Crippen LogP contribution in [0.15, 0.2) is 16.7 Å². The Labute approximate surface area is 73.3 Å². The molecule has 0 aliphatic rings. The predicted octanol–water partition coefficient (Wildman–Crippen LogP) is 1.40. The van der Waals surface area contributed by atoms with E-state index in [2.05, 4.69) is 15.9 Å². The first-order valence-electron chi connectivity index (χ1n) is 3.09. The third-order valence-corrected chi connectivity index (χ3v) is 2.03. The fourth-order valence-electron chi connectivity index (χ4n) is 0.809. The highest BCUT2D eigenvalue weighted by Crippen LogP contribution is 2.15. The number of halogens is 1. The van der Waals surface area contributed by atoms with Gasteiger partial charge in [-0.1, -0.05) is 0 Å². The molecule has 1 aromatic heterocycles. The van der Waals surface area contributed by atoms with Gasteiger partial charge in [0.15, 0.2) is 5.75 Å². The van der Waals surface area contributed by atoms with Gasteiger partial charge in [-0.15, -0.1) is 0 Å². The van der Waals surface area contributed by atoms with Crippen LogP contribution in [0.2, 0.25) is 0 Å². The lowest BCUT2D eigenvalue weighted by Gasteiger charge is -2.05. The molecule has 0 saturated heterocycles. The number of pyridine rings is 1. The maximum Gasteiger partial charge on any atom is 0.259 e. The topological polar surface area (TPSA) is 36.2 Å². The molecule has 0 spiro atoms. The number of ether oxygens (including phenoxy) is 1. The van der Waals surface area contributed by atoms with Gasteiger partial charge in [0.2, 0.25) is 5.69 Å². The van der Waals surface area contributed by atoms with Gasteiger partial charge in [0.1, 0.15) is 0 Å². The zero-order chi connectivity index (χ0) is 8.43. The second-order valence-corrected chi connectivity index (χ2v) is 2.92. The fourth-order valence-corrected chi connectivity index (χ4v) is 1.21. The van der Waals surface area contributed by atoms with E-state index in [1.807, 2.05) is 0 Å². The molecule has 0 radical (unpaired) electrons. The van der Waals surface area contributed by atoms with Crippen molar-refractivity contribution in [2.75, 3.05) is 7.11 Å². The van der Waals surface area contributed by atoms with Crippen molar-refractivity contribution in [1.82, 2.24) is 0 Å². The fraction of sp³-hybridized carbons (Fsp3) is 0.286. The van der Waals surface area contributed by atoms with Gasteiger partial charge in [-0.2, -0.15) is 4.73 Å². The minimum atomic E-state index is 0.496. The Balaban J connectivity index is 3.25. The van der Waals surface area contributed by atoms with Crippen LogP contribution in [0.25, 0.3) is 0 Å². The molecule has 0 aromatic carbocycles. The molecule has 0 amide bonds. The first-order chi connectivity index (χ1) is 5.16. The second kappa shape index (κ2) is 3.09. The van der Waals surface area contributed by atoms with Crippen LogP contribution >= 0.6 is 15.9 Å². The van der Waals surface area contributed by atoms with Crippen LogP contribution in [0.5, 0.6) is 5.75 Å². The molecule has 0 aliphatic carbocycles. The van der Waals surface area contributed by atoms with Gasteiger partial charge >= 0.3 is 0 Å². The molecule has 1 heterocycles. The van der Waals surface area contributed by atoms with Gasteiger partial charge in [0, 0.05) is 28.9 Å². The smallest absolute Gasteiger partial charge is 0.259 e. The Kier molecular flexibility index (Phi) is 2.34. The highest BCUT2D eigenvalue weighted by atomic mass is 79.9. The molecule has 0 bridgehead atoms. The van der Waals surface area contributed by atoms with Crippen molar-refractivity contribution >= 4 is 15.9 Å². The average molecular weight is 218 g/mol. The van der Waals surface area contributed by atoms with Crippen molar-refractivity contribution in [3.05, 3.63) is 27.6 Å². The van der Waals surface area contributed by atoms with E-state index in [0.29, 0.717) is 16.0 Å². The summed E-state index contributed by atoms with van der Waals surface area (Å²) in [5.41, 5.74) is 0.557. The highest BCUT2D eigenvalue weighted by Gasteiger charge is 2.09. The molecule has 60 valence electrons. The first kappa shape index (κ1) is 8.33. The van der Waals surface area contributed by atoms with Crippen LogP contribution in [0.3, 0.4) is 0 Å². The third-order valence-electron chi connectivity index (χ3n) is 1.45. The maximum absolute atomic E-state index is 11.1. The van der Waals surface area contributed by atoms with Gasteiger partial charge < -0.3 is 9.94 Å². The molecule has 0 N–H and O–H groups in total. The Morgan fingerprint density at radius 1 is 1.55 bits per heavy atom. The number of hydrogen-bond donors (Lipinski definition) is 0. The van der Waals surface area contributed by atoms with Crippen molar-refractivity contribution in [3.8, 4) is 5.75 Å². The summed E-state index contributed by atoms with van der Waals surface area (Å²) in [6, 6.07) is 3.40. The zero-order valence-corrected chi connectivity index (χ0v) is 7.88. The van der Waals surface area contributed by atoms with Crippen molar-refractivity contribution in [2.24, 2.45) is 0 Å². The molecule has 4 heteroatoms. The molecule has 0 fully saturated rings. The molecular weight excluding hydrogens is 210 g/mol. The largest absolute Gasteiger partial charge is 0.618 e. The van der Waals surface area contributed by atoms with Crippen LogP contribution in [-0.2, 0) is 0 Å². The van der Waals surface area contributed by atoms with E-state index in [-0.39, 0.29) is 0 Å². The summed E-state index contributed by atoms with van der Waals surface area (Å²) >= 11 is 3.10. The third kappa shape index (κ3) is 1.45. The van der Waals surface area contributed by atoms with E-state index in [1.165, 1.54) is 7.11 Å². The summed E-state index contributed by atoms with van der Waals surface area (Å²) in [4.78, 5) is 0. The molecule has 0 saturated carbocycles. The highest BCUT2D eigenvalue weighted by molar-refractivity contribution is 9.10. The van der Waals surface area contributed by atoms with E-state index in [1.54, 1.807) is 19.1 Å². The zero-order valence-electron chi connectivity index (χ0n) is 6.30. The summed E-state index contributed by atoms with van der Waals surface area (Å²) in [6.45, 7) is 1.70. The van der Waals surface area contributed by atoms with E-state index >= 15 is 0 Å². The van der Waals surface area contributed by atoms with Crippen LogP contribution in [0.4, 0.5) is 0 Å². The quantitative estimate of drug-likeness (QED) is 0.405. The molecule has 3 nitrogen and oxygen atoms in total. The normalized spacial score (nSPS) is 9.73. The lowest BCUT2D eigenvalue weighted by Crippen LogP contribution is -2.31. The first-order valence-corrected chi connectivity index (χ1v) is 3.88. The Hall–Kier alpha value is -0.770. The van der Waals surface area contributed by atoms with Crippen LogP contribution in [0.1, 0.15) is 5.69 Å².